The average Bonchev–Trinajstić information content (AvgIpc) is 2.56. The minimum absolute atomic E-state index is 0.0476. The molecule has 0 aliphatic carbocycles. The van der Waals surface area contributed by atoms with Gasteiger partial charge < -0.3 is 9.84 Å². The Labute approximate surface area is 131 Å². The van der Waals surface area contributed by atoms with E-state index in [0.717, 1.165) is 0 Å². The number of aliphatic hydroxyl groups excluding tert-OH is 1. The molecular weight excluding hydrogens is 299 g/mol. The van der Waals surface area contributed by atoms with Crippen LogP contribution in [0.15, 0.2) is 59.7 Å². The Morgan fingerprint density at radius 3 is 2.78 bits per heavy atom. The SMILES string of the molecule is O=c1c2ccc(F)cc2ncn1CC(O)COc1ccccc1. The zero-order valence-electron chi connectivity index (χ0n) is 12.2. The molecule has 5 nitrogen and oxygen atoms in total. The van der Waals surface area contributed by atoms with Gasteiger partial charge in [-0.3, -0.25) is 9.36 Å². The number of fused-ring (bicyclic) bond motifs is 1. The van der Waals surface area contributed by atoms with Crippen LogP contribution in [0.3, 0.4) is 0 Å². The van der Waals surface area contributed by atoms with E-state index in [1.54, 1.807) is 12.1 Å². The van der Waals surface area contributed by atoms with Gasteiger partial charge in [0, 0.05) is 6.07 Å². The highest BCUT2D eigenvalue weighted by Gasteiger charge is 2.10. The van der Waals surface area contributed by atoms with Crippen LogP contribution in [0.25, 0.3) is 10.9 Å². The Bertz CT molecular complexity index is 865. The summed E-state index contributed by atoms with van der Waals surface area (Å²) >= 11 is 0. The van der Waals surface area contributed by atoms with Gasteiger partial charge in [-0.25, -0.2) is 9.37 Å². The first-order chi connectivity index (χ1) is 11.1. The molecule has 0 fully saturated rings. The van der Waals surface area contributed by atoms with Crippen molar-refractivity contribution in [2.24, 2.45) is 0 Å². The molecule has 0 amide bonds. The number of hydrogen-bond donors (Lipinski definition) is 1. The molecule has 0 saturated carbocycles. The van der Waals surface area contributed by atoms with E-state index < -0.39 is 11.9 Å². The van der Waals surface area contributed by atoms with Gasteiger partial charge in [0.05, 0.1) is 23.8 Å². The molecule has 0 bridgehead atoms. The highest BCUT2D eigenvalue weighted by molar-refractivity contribution is 5.77. The number of hydrogen-bond acceptors (Lipinski definition) is 4. The van der Waals surface area contributed by atoms with Crippen LogP contribution in [0, 0.1) is 5.82 Å². The summed E-state index contributed by atoms with van der Waals surface area (Å²) in [6.07, 6.45) is 0.433. The molecule has 1 aromatic heterocycles. The van der Waals surface area contributed by atoms with Gasteiger partial charge in [0.2, 0.25) is 0 Å². The molecule has 3 aromatic rings. The number of benzene rings is 2. The molecule has 2 aromatic carbocycles. The van der Waals surface area contributed by atoms with Gasteiger partial charge in [-0.2, -0.15) is 0 Å². The van der Waals surface area contributed by atoms with E-state index >= 15 is 0 Å². The second kappa shape index (κ2) is 6.58. The standard InChI is InChI=1S/C17H15FN2O3/c18-12-6-7-15-16(8-12)19-11-20(17(15)22)9-13(21)10-23-14-4-2-1-3-5-14/h1-8,11,13,21H,9-10H2. The van der Waals surface area contributed by atoms with Crippen molar-refractivity contribution in [3.05, 3.63) is 71.0 Å². The first-order valence-electron chi connectivity index (χ1n) is 7.14. The van der Waals surface area contributed by atoms with Crippen LogP contribution in [-0.4, -0.2) is 27.4 Å². The van der Waals surface area contributed by atoms with Gasteiger partial charge in [-0.1, -0.05) is 18.2 Å². The first kappa shape index (κ1) is 15.2. The number of nitrogens with zero attached hydrogens (tertiary/aromatic N) is 2. The Balaban J connectivity index is 1.72. The van der Waals surface area contributed by atoms with Gasteiger partial charge in [0.1, 0.15) is 24.3 Å². The van der Waals surface area contributed by atoms with Gasteiger partial charge in [-0.05, 0) is 24.3 Å². The fourth-order valence-electron chi connectivity index (χ4n) is 2.25. The Hall–Kier alpha value is -2.73. The van der Waals surface area contributed by atoms with Crippen LogP contribution < -0.4 is 10.3 Å². The first-order valence-corrected chi connectivity index (χ1v) is 7.14. The molecule has 0 aliphatic rings. The van der Waals surface area contributed by atoms with Crippen LogP contribution in [0.2, 0.25) is 0 Å². The minimum atomic E-state index is -0.868. The number of rotatable bonds is 5. The third-order valence-electron chi connectivity index (χ3n) is 3.38. The lowest BCUT2D eigenvalue weighted by molar-refractivity contribution is 0.0915. The van der Waals surface area contributed by atoms with Crippen molar-refractivity contribution in [3.8, 4) is 5.75 Å². The summed E-state index contributed by atoms with van der Waals surface area (Å²) in [6, 6.07) is 12.9. The fraction of sp³-hybridized carbons (Fsp3) is 0.176. The summed E-state index contributed by atoms with van der Waals surface area (Å²) < 4.78 is 19.9. The smallest absolute Gasteiger partial charge is 0.261 e. The summed E-state index contributed by atoms with van der Waals surface area (Å²) in [7, 11) is 0. The summed E-state index contributed by atoms with van der Waals surface area (Å²) in [5.74, 6) is 0.199. The van der Waals surface area contributed by atoms with Crippen molar-refractivity contribution in [1.82, 2.24) is 9.55 Å². The second-order valence-electron chi connectivity index (χ2n) is 5.14. The molecule has 0 radical (unpaired) electrons. The second-order valence-corrected chi connectivity index (χ2v) is 5.14. The van der Waals surface area contributed by atoms with E-state index in [1.165, 1.54) is 29.1 Å². The molecule has 6 heteroatoms. The van der Waals surface area contributed by atoms with E-state index in [-0.39, 0.29) is 18.7 Å². The number of ether oxygens (including phenoxy) is 1. The fourth-order valence-corrected chi connectivity index (χ4v) is 2.25. The summed E-state index contributed by atoms with van der Waals surface area (Å²) in [6.45, 7) is 0.101. The predicted octanol–water partition coefficient (Wildman–Crippen LogP) is 1.98. The molecule has 118 valence electrons. The van der Waals surface area contributed by atoms with E-state index in [9.17, 15) is 14.3 Å². The van der Waals surface area contributed by atoms with Crippen molar-refractivity contribution in [1.29, 1.82) is 0 Å². The predicted molar refractivity (Wildman–Crippen MR) is 83.9 cm³/mol. The molecule has 3 rings (SSSR count). The molecule has 0 saturated heterocycles. The van der Waals surface area contributed by atoms with Crippen molar-refractivity contribution < 1.29 is 14.2 Å². The maximum Gasteiger partial charge on any atom is 0.261 e. The summed E-state index contributed by atoms with van der Waals surface area (Å²) in [4.78, 5) is 16.3. The van der Waals surface area contributed by atoms with E-state index in [2.05, 4.69) is 4.98 Å². The van der Waals surface area contributed by atoms with Crippen molar-refractivity contribution in [2.45, 2.75) is 12.6 Å². The minimum Gasteiger partial charge on any atom is -0.491 e. The summed E-state index contributed by atoms with van der Waals surface area (Å²) in [5, 5.41) is 10.3. The lowest BCUT2D eigenvalue weighted by Crippen LogP contribution is -2.30. The highest BCUT2D eigenvalue weighted by atomic mass is 19.1. The number of para-hydroxylation sites is 1. The third-order valence-corrected chi connectivity index (χ3v) is 3.38. The normalized spacial score (nSPS) is 12.3. The van der Waals surface area contributed by atoms with E-state index in [1.807, 2.05) is 18.2 Å². The van der Waals surface area contributed by atoms with Crippen molar-refractivity contribution in [2.75, 3.05) is 6.61 Å². The quantitative estimate of drug-likeness (QED) is 0.782. The van der Waals surface area contributed by atoms with Crippen LogP contribution in [-0.2, 0) is 6.54 Å². The van der Waals surface area contributed by atoms with Crippen LogP contribution in [0.4, 0.5) is 4.39 Å². The van der Waals surface area contributed by atoms with Crippen LogP contribution in [0.1, 0.15) is 0 Å². The zero-order valence-corrected chi connectivity index (χ0v) is 12.2. The molecule has 0 aliphatic heterocycles. The Morgan fingerprint density at radius 2 is 2.00 bits per heavy atom. The van der Waals surface area contributed by atoms with Crippen LogP contribution in [0.5, 0.6) is 5.75 Å². The van der Waals surface area contributed by atoms with Crippen molar-refractivity contribution >= 4 is 10.9 Å². The lowest BCUT2D eigenvalue weighted by Gasteiger charge is -2.14. The lowest BCUT2D eigenvalue weighted by atomic mass is 10.2. The topological polar surface area (TPSA) is 64.4 Å². The molecule has 1 unspecified atom stereocenters. The Morgan fingerprint density at radius 1 is 1.22 bits per heavy atom. The molecule has 23 heavy (non-hydrogen) atoms. The maximum absolute atomic E-state index is 13.1. The molecule has 1 atom stereocenters. The average molecular weight is 314 g/mol. The number of aromatic nitrogens is 2. The largest absolute Gasteiger partial charge is 0.491 e. The monoisotopic (exact) mass is 314 g/mol. The number of aliphatic hydroxyl groups is 1. The summed E-state index contributed by atoms with van der Waals surface area (Å²) in [5.41, 5.74) is -0.0324. The van der Waals surface area contributed by atoms with Gasteiger partial charge >= 0.3 is 0 Å². The Kier molecular flexibility index (Phi) is 4.34. The number of halogens is 1. The zero-order chi connectivity index (χ0) is 16.2. The highest BCUT2D eigenvalue weighted by Crippen LogP contribution is 2.10. The van der Waals surface area contributed by atoms with Gasteiger partial charge in [-0.15, -0.1) is 0 Å². The molecule has 0 spiro atoms. The maximum atomic E-state index is 13.1. The van der Waals surface area contributed by atoms with Gasteiger partial charge in [0.15, 0.2) is 0 Å². The van der Waals surface area contributed by atoms with E-state index in [0.29, 0.717) is 16.7 Å². The molecular formula is C17H15FN2O3. The molecule has 1 heterocycles. The van der Waals surface area contributed by atoms with E-state index in [4.69, 9.17) is 4.74 Å². The van der Waals surface area contributed by atoms with Crippen LogP contribution >= 0.6 is 0 Å². The van der Waals surface area contributed by atoms with Crippen molar-refractivity contribution in [3.63, 3.8) is 0 Å². The third kappa shape index (κ3) is 3.54. The molecule has 1 N–H and O–H groups in total. The van der Waals surface area contributed by atoms with Gasteiger partial charge in [0.25, 0.3) is 5.56 Å².